The summed E-state index contributed by atoms with van der Waals surface area (Å²) >= 11 is 0. The van der Waals surface area contributed by atoms with Crippen molar-refractivity contribution in [2.24, 2.45) is 0 Å². The topological polar surface area (TPSA) is 29.9 Å². The zero-order valence-electron chi connectivity index (χ0n) is 13.7. The van der Waals surface area contributed by atoms with Gasteiger partial charge >= 0.3 is 0 Å². The number of rotatable bonds is 5. The van der Waals surface area contributed by atoms with Crippen LogP contribution in [0, 0.1) is 13.8 Å². The summed E-state index contributed by atoms with van der Waals surface area (Å²) in [7, 11) is 0. The molecule has 3 heteroatoms. The second-order valence-corrected chi connectivity index (χ2v) is 6.60. The number of aryl methyl sites for hydroxylation is 1. The first-order valence-corrected chi connectivity index (χ1v) is 8.37. The molecule has 3 nitrogen and oxygen atoms in total. The van der Waals surface area contributed by atoms with Gasteiger partial charge in [0.25, 0.3) is 0 Å². The van der Waals surface area contributed by atoms with E-state index in [1.54, 1.807) is 0 Å². The molecule has 1 saturated carbocycles. The van der Waals surface area contributed by atoms with Crippen LogP contribution in [0.3, 0.4) is 0 Å². The van der Waals surface area contributed by atoms with Gasteiger partial charge in [-0.25, -0.2) is 0 Å². The van der Waals surface area contributed by atoms with E-state index < -0.39 is 0 Å². The molecule has 0 unspecified atom stereocenters. The van der Waals surface area contributed by atoms with E-state index in [1.807, 2.05) is 0 Å². The van der Waals surface area contributed by atoms with Crippen LogP contribution in [-0.2, 0) is 6.42 Å². The lowest BCUT2D eigenvalue weighted by Crippen LogP contribution is -2.25. The molecule has 1 aliphatic carbocycles. The minimum Gasteiger partial charge on any atom is -0.314 e. The highest BCUT2D eigenvalue weighted by molar-refractivity contribution is 5.25. The van der Waals surface area contributed by atoms with Crippen molar-refractivity contribution < 1.29 is 0 Å². The quantitative estimate of drug-likeness (QED) is 0.826. The average Bonchev–Trinajstić information content (AvgIpc) is 2.62. The number of nitrogens with zero attached hydrogens (tertiary/aromatic N) is 2. The third-order valence-corrected chi connectivity index (χ3v) is 4.57. The highest BCUT2D eigenvalue weighted by atomic mass is 15.3. The normalized spacial score (nSPS) is 17.6. The predicted octanol–water partition coefficient (Wildman–Crippen LogP) is 3.94. The van der Waals surface area contributed by atoms with Gasteiger partial charge in [0.15, 0.2) is 0 Å². The minimum absolute atomic E-state index is 0.563. The van der Waals surface area contributed by atoms with Crippen molar-refractivity contribution >= 4 is 0 Å². The van der Waals surface area contributed by atoms with Crippen LogP contribution in [0.4, 0.5) is 0 Å². The largest absolute Gasteiger partial charge is 0.314 e. The van der Waals surface area contributed by atoms with Gasteiger partial charge in [0.05, 0.1) is 11.7 Å². The maximum Gasteiger partial charge on any atom is 0.0629 e. The average molecular weight is 277 g/mol. The molecule has 0 bridgehead atoms. The monoisotopic (exact) mass is 277 g/mol. The van der Waals surface area contributed by atoms with Crippen molar-refractivity contribution in [1.82, 2.24) is 15.1 Å². The van der Waals surface area contributed by atoms with Crippen molar-refractivity contribution in [2.75, 3.05) is 6.54 Å². The predicted molar refractivity (Wildman–Crippen MR) is 85.3 cm³/mol. The van der Waals surface area contributed by atoms with Crippen LogP contribution < -0.4 is 5.32 Å². The number of hydrogen-bond acceptors (Lipinski definition) is 2. The Labute approximate surface area is 124 Å². The molecule has 0 saturated heterocycles. The molecule has 0 amide bonds. The van der Waals surface area contributed by atoms with Crippen LogP contribution in [0.2, 0.25) is 0 Å². The fourth-order valence-electron chi connectivity index (χ4n) is 3.40. The van der Waals surface area contributed by atoms with Gasteiger partial charge in [-0.05, 0) is 45.2 Å². The molecule has 20 heavy (non-hydrogen) atoms. The number of aromatic nitrogens is 2. The van der Waals surface area contributed by atoms with Gasteiger partial charge in [0.2, 0.25) is 0 Å². The van der Waals surface area contributed by atoms with Crippen molar-refractivity contribution in [3.63, 3.8) is 0 Å². The molecule has 1 aromatic rings. The van der Waals surface area contributed by atoms with Crippen molar-refractivity contribution in [3.8, 4) is 0 Å². The molecule has 1 aliphatic rings. The lowest BCUT2D eigenvalue weighted by molar-refractivity contribution is 0.396. The maximum atomic E-state index is 4.86. The Kier molecular flexibility index (Phi) is 5.64. The first-order valence-electron chi connectivity index (χ1n) is 8.37. The van der Waals surface area contributed by atoms with E-state index in [-0.39, 0.29) is 0 Å². The first-order chi connectivity index (χ1) is 9.59. The Bertz CT molecular complexity index is 412. The Morgan fingerprint density at radius 1 is 1.15 bits per heavy atom. The molecule has 0 aromatic carbocycles. The maximum absolute atomic E-state index is 4.86. The van der Waals surface area contributed by atoms with Crippen molar-refractivity contribution in [2.45, 2.75) is 84.7 Å². The molecule has 114 valence electrons. The molecule has 0 radical (unpaired) electrons. The van der Waals surface area contributed by atoms with Gasteiger partial charge in [0.1, 0.15) is 0 Å². The van der Waals surface area contributed by atoms with E-state index >= 15 is 0 Å². The van der Waals surface area contributed by atoms with Crippen LogP contribution in [-0.4, -0.2) is 22.4 Å². The molecular weight excluding hydrogens is 246 g/mol. The number of nitrogens with one attached hydrogen (secondary N) is 1. The Morgan fingerprint density at radius 2 is 1.80 bits per heavy atom. The van der Waals surface area contributed by atoms with E-state index in [1.165, 1.54) is 55.5 Å². The van der Waals surface area contributed by atoms with Crippen LogP contribution in [0.1, 0.15) is 75.4 Å². The van der Waals surface area contributed by atoms with Crippen LogP contribution in [0.5, 0.6) is 0 Å². The van der Waals surface area contributed by atoms with Gasteiger partial charge in [0, 0.05) is 11.7 Å². The van der Waals surface area contributed by atoms with Crippen molar-refractivity contribution in [3.05, 3.63) is 17.0 Å². The fourth-order valence-corrected chi connectivity index (χ4v) is 3.40. The van der Waals surface area contributed by atoms with Crippen LogP contribution in [0.25, 0.3) is 0 Å². The van der Waals surface area contributed by atoms with Gasteiger partial charge in [-0.3, -0.25) is 4.68 Å². The van der Waals surface area contributed by atoms with Gasteiger partial charge < -0.3 is 5.32 Å². The highest BCUT2D eigenvalue weighted by Gasteiger charge is 2.19. The molecule has 1 N–H and O–H groups in total. The first kappa shape index (κ1) is 15.6. The van der Waals surface area contributed by atoms with Crippen LogP contribution >= 0.6 is 0 Å². The summed E-state index contributed by atoms with van der Waals surface area (Å²) in [6.07, 6.45) is 9.27. The molecule has 0 spiro atoms. The second-order valence-electron chi connectivity index (χ2n) is 6.60. The van der Waals surface area contributed by atoms with E-state index in [2.05, 4.69) is 37.7 Å². The Balaban J connectivity index is 2.06. The molecule has 0 aliphatic heterocycles. The molecule has 1 heterocycles. The molecular formula is C17H31N3. The SMILES string of the molecule is Cc1nn(C2CCCCCC2)c(C)c1CCNC(C)C. The van der Waals surface area contributed by atoms with Gasteiger partial charge in [-0.2, -0.15) is 5.10 Å². The lowest BCUT2D eigenvalue weighted by atomic mass is 10.1. The lowest BCUT2D eigenvalue weighted by Gasteiger charge is -2.17. The van der Waals surface area contributed by atoms with E-state index in [9.17, 15) is 0 Å². The Hall–Kier alpha value is -0.830. The second kappa shape index (κ2) is 7.26. The van der Waals surface area contributed by atoms with E-state index in [0.717, 1.165) is 13.0 Å². The van der Waals surface area contributed by atoms with E-state index in [4.69, 9.17) is 5.10 Å². The summed E-state index contributed by atoms with van der Waals surface area (Å²) in [4.78, 5) is 0. The van der Waals surface area contributed by atoms with Crippen LogP contribution in [0.15, 0.2) is 0 Å². The third kappa shape index (κ3) is 3.85. The molecule has 1 aromatic heterocycles. The zero-order valence-corrected chi connectivity index (χ0v) is 13.7. The highest BCUT2D eigenvalue weighted by Crippen LogP contribution is 2.29. The summed E-state index contributed by atoms with van der Waals surface area (Å²) < 4.78 is 2.34. The number of hydrogen-bond donors (Lipinski definition) is 1. The summed E-state index contributed by atoms with van der Waals surface area (Å²) in [5, 5.41) is 8.37. The third-order valence-electron chi connectivity index (χ3n) is 4.57. The molecule has 0 atom stereocenters. The standard InChI is InChI=1S/C17H31N3/c1-13(2)18-12-11-17-14(3)19-20(15(17)4)16-9-7-5-6-8-10-16/h13,16,18H,5-12H2,1-4H3. The summed E-state index contributed by atoms with van der Waals surface area (Å²) in [5.41, 5.74) is 4.10. The summed E-state index contributed by atoms with van der Waals surface area (Å²) in [6, 6.07) is 1.20. The molecule has 2 rings (SSSR count). The smallest absolute Gasteiger partial charge is 0.0629 e. The fraction of sp³-hybridized carbons (Fsp3) is 0.824. The Morgan fingerprint density at radius 3 is 2.40 bits per heavy atom. The summed E-state index contributed by atoms with van der Waals surface area (Å²) in [6.45, 7) is 9.89. The molecule has 1 fully saturated rings. The minimum atomic E-state index is 0.563. The zero-order chi connectivity index (χ0) is 14.5. The van der Waals surface area contributed by atoms with Crippen molar-refractivity contribution in [1.29, 1.82) is 0 Å². The van der Waals surface area contributed by atoms with Gasteiger partial charge in [-0.1, -0.05) is 39.5 Å². The summed E-state index contributed by atoms with van der Waals surface area (Å²) in [5.74, 6) is 0. The van der Waals surface area contributed by atoms with E-state index in [0.29, 0.717) is 12.1 Å². The van der Waals surface area contributed by atoms with Gasteiger partial charge in [-0.15, -0.1) is 0 Å².